The second-order valence-corrected chi connectivity index (χ2v) is 5.49. The number of hydrogen-bond donors (Lipinski definition) is 1. The van der Waals surface area contributed by atoms with Crippen LogP contribution in [0.1, 0.15) is 32.3 Å². The van der Waals surface area contributed by atoms with Gasteiger partial charge in [-0.15, -0.1) is 0 Å². The van der Waals surface area contributed by atoms with Crippen molar-refractivity contribution in [1.82, 2.24) is 5.32 Å². The van der Waals surface area contributed by atoms with Crippen LogP contribution in [-0.2, 0) is 11.2 Å². The van der Waals surface area contributed by atoms with Crippen LogP contribution in [0.2, 0.25) is 0 Å². The summed E-state index contributed by atoms with van der Waals surface area (Å²) in [4.78, 5) is 0. The van der Waals surface area contributed by atoms with E-state index in [1.54, 1.807) is 0 Å². The van der Waals surface area contributed by atoms with Crippen molar-refractivity contribution in [2.75, 3.05) is 19.8 Å². The summed E-state index contributed by atoms with van der Waals surface area (Å²) in [5.74, 6) is -0.144. The molecule has 1 rings (SSSR count). The van der Waals surface area contributed by atoms with E-state index in [4.69, 9.17) is 4.74 Å². The zero-order valence-electron chi connectivity index (χ0n) is 11.7. The maximum absolute atomic E-state index is 13.8. The molecule has 0 saturated heterocycles. The third-order valence-electron chi connectivity index (χ3n) is 2.98. The summed E-state index contributed by atoms with van der Waals surface area (Å²) >= 11 is 3.28. The van der Waals surface area contributed by atoms with Crippen molar-refractivity contribution >= 4 is 15.9 Å². The number of benzene rings is 1. The van der Waals surface area contributed by atoms with E-state index < -0.39 is 0 Å². The molecule has 0 spiro atoms. The summed E-state index contributed by atoms with van der Waals surface area (Å²) in [5, 5.41) is 3.46. The molecule has 0 heterocycles. The quantitative estimate of drug-likeness (QED) is 0.692. The highest BCUT2D eigenvalue weighted by molar-refractivity contribution is 9.10. The van der Waals surface area contributed by atoms with Gasteiger partial charge in [-0.1, -0.05) is 28.9 Å². The van der Waals surface area contributed by atoms with E-state index in [2.05, 4.69) is 28.2 Å². The van der Waals surface area contributed by atoms with E-state index >= 15 is 0 Å². The lowest BCUT2D eigenvalue weighted by molar-refractivity contribution is 0.136. The van der Waals surface area contributed by atoms with Crippen LogP contribution in [0.15, 0.2) is 22.7 Å². The summed E-state index contributed by atoms with van der Waals surface area (Å²) in [6.45, 7) is 6.52. The average Bonchev–Trinajstić information content (AvgIpc) is 2.39. The second-order valence-electron chi connectivity index (χ2n) is 4.58. The van der Waals surface area contributed by atoms with Crippen LogP contribution in [0.4, 0.5) is 4.39 Å². The van der Waals surface area contributed by atoms with Crippen molar-refractivity contribution in [3.63, 3.8) is 0 Å². The van der Waals surface area contributed by atoms with Gasteiger partial charge in [0, 0.05) is 23.7 Å². The fraction of sp³-hybridized carbons (Fsp3) is 0.600. The van der Waals surface area contributed by atoms with Crippen molar-refractivity contribution in [3.05, 3.63) is 34.1 Å². The Morgan fingerprint density at radius 3 is 2.79 bits per heavy atom. The molecule has 1 aromatic carbocycles. The number of halogens is 2. The molecule has 19 heavy (non-hydrogen) atoms. The molecule has 1 atom stereocenters. The van der Waals surface area contributed by atoms with Gasteiger partial charge in [-0.05, 0) is 50.4 Å². The smallest absolute Gasteiger partial charge is 0.127 e. The normalized spacial score (nSPS) is 12.6. The van der Waals surface area contributed by atoms with Gasteiger partial charge in [-0.3, -0.25) is 0 Å². The van der Waals surface area contributed by atoms with Crippen LogP contribution < -0.4 is 5.32 Å². The molecule has 1 aromatic rings. The zero-order chi connectivity index (χ0) is 14.1. The lowest BCUT2D eigenvalue weighted by Crippen LogP contribution is -2.33. The molecule has 0 aliphatic rings. The SMILES string of the molecule is CCCNC(CCOCC)Cc1ccc(Br)cc1F. The number of nitrogens with one attached hydrogen (secondary N) is 1. The molecule has 0 aliphatic heterocycles. The minimum Gasteiger partial charge on any atom is -0.382 e. The van der Waals surface area contributed by atoms with Gasteiger partial charge in [0.05, 0.1) is 0 Å². The van der Waals surface area contributed by atoms with Gasteiger partial charge in [0.2, 0.25) is 0 Å². The monoisotopic (exact) mass is 331 g/mol. The highest BCUT2D eigenvalue weighted by atomic mass is 79.9. The third kappa shape index (κ3) is 6.50. The van der Waals surface area contributed by atoms with Crippen molar-refractivity contribution in [1.29, 1.82) is 0 Å². The van der Waals surface area contributed by atoms with Gasteiger partial charge in [0.15, 0.2) is 0 Å². The van der Waals surface area contributed by atoms with Crippen LogP contribution in [0.25, 0.3) is 0 Å². The molecule has 0 bridgehead atoms. The predicted molar refractivity (Wildman–Crippen MR) is 81.0 cm³/mol. The molecule has 2 nitrogen and oxygen atoms in total. The van der Waals surface area contributed by atoms with E-state index in [9.17, 15) is 4.39 Å². The summed E-state index contributed by atoms with van der Waals surface area (Å²) in [6, 6.07) is 5.52. The molecular weight excluding hydrogens is 309 g/mol. The van der Waals surface area contributed by atoms with E-state index in [1.807, 2.05) is 19.1 Å². The van der Waals surface area contributed by atoms with Crippen LogP contribution in [-0.4, -0.2) is 25.8 Å². The molecule has 108 valence electrons. The summed E-state index contributed by atoms with van der Waals surface area (Å²) in [7, 11) is 0. The van der Waals surface area contributed by atoms with Crippen LogP contribution in [0, 0.1) is 5.82 Å². The van der Waals surface area contributed by atoms with Gasteiger partial charge < -0.3 is 10.1 Å². The topological polar surface area (TPSA) is 21.3 Å². The fourth-order valence-electron chi connectivity index (χ4n) is 1.95. The summed E-state index contributed by atoms with van der Waals surface area (Å²) in [6.07, 6.45) is 2.68. The molecule has 0 amide bonds. The highest BCUT2D eigenvalue weighted by Crippen LogP contribution is 2.17. The first-order chi connectivity index (χ1) is 9.17. The third-order valence-corrected chi connectivity index (χ3v) is 3.47. The molecule has 0 aromatic heterocycles. The Labute approximate surface area is 123 Å². The Kier molecular flexibility index (Phi) is 8.26. The molecule has 0 saturated carbocycles. The van der Waals surface area contributed by atoms with E-state index in [0.29, 0.717) is 6.42 Å². The van der Waals surface area contributed by atoms with Crippen molar-refractivity contribution in [2.24, 2.45) is 0 Å². The first-order valence-corrected chi connectivity index (χ1v) is 7.71. The zero-order valence-corrected chi connectivity index (χ0v) is 13.3. The largest absolute Gasteiger partial charge is 0.382 e. The molecule has 1 N–H and O–H groups in total. The summed E-state index contributed by atoms with van der Waals surface area (Å²) in [5.41, 5.74) is 0.758. The molecule has 0 radical (unpaired) electrons. The van der Waals surface area contributed by atoms with Gasteiger partial charge in [-0.25, -0.2) is 4.39 Å². The minimum absolute atomic E-state index is 0.144. The average molecular weight is 332 g/mol. The maximum atomic E-state index is 13.8. The standard InChI is InChI=1S/C15H23BrFNO/c1-3-8-18-14(7-9-19-4-2)10-12-5-6-13(16)11-15(12)17/h5-6,11,14,18H,3-4,7-10H2,1-2H3. The number of rotatable bonds is 9. The molecule has 0 fully saturated rings. The highest BCUT2D eigenvalue weighted by Gasteiger charge is 2.12. The Balaban J connectivity index is 2.58. The second kappa shape index (κ2) is 9.45. The van der Waals surface area contributed by atoms with Crippen LogP contribution in [0.3, 0.4) is 0 Å². The molecule has 0 aliphatic carbocycles. The maximum Gasteiger partial charge on any atom is 0.127 e. The minimum atomic E-state index is -0.144. The van der Waals surface area contributed by atoms with E-state index in [-0.39, 0.29) is 11.9 Å². The van der Waals surface area contributed by atoms with Crippen LogP contribution in [0.5, 0.6) is 0 Å². The van der Waals surface area contributed by atoms with Crippen molar-refractivity contribution < 1.29 is 9.13 Å². The Morgan fingerprint density at radius 2 is 2.16 bits per heavy atom. The molecular formula is C15H23BrFNO. The van der Waals surface area contributed by atoms with Gasteiger partial charge in [-0.2, -0.15) is 0 Å². The van der Waals surface area contributed by atoms with Crippen molar-refractivity contribution in [2.45, 2.75) is 39.2 Å². The molecule has 4 heteroatoms. The van der Waals surface area contributed by atoms with Gasteiger partial charge in [0.1, 0.15) is 5.82 Å². The Morgan fingerprint density at radius 1 is 1.37 bits per heavy atom. The number of ether oxygens (including phenoxy) is 1. The van der Waals surface area contributed by atoms with Crippen LogP contribution >= 0.6 is 15.9 Å². The predicted octanol–water partition coefficient (Wildman–Crippen LogP) is 3.93. The van der Waals surface area contributed by atoms with Crippen molar-refractivity contribution in [3.8, 4) is 0 Å². The molecule has 1 unspecified atom stereocenters. The number of hydrogen-bond acceptors (Lipinski definition) is 2. The Bertz CT molecular complexity index is 373. The lowest BCUT2D eigenvalue weighted by Gasteiger charge is -2.19. The first-order valence-electron chi connectivity index (χ1n) is 6.92. The lowest BCUT2D eigenvalue weighted by atomic mass is 10.0. The fourth-order valence-corrected chi connectivity index (χ4v) is 2.28. The van der Waals surface area contributed by atoms with Gasteiger partial charge >= 0.3 is 0 Å². The van der Waals surface area contributed by atoms with E-state index in [0.717, 1.165) is 42.6 Å². The van der Waals surface area contributed by atoms with E-state index in [1.165, 1.54) is 6.07 Å². The Hall–Kier alpha value is -0.450. The summed E-state index contributed by atoms with van der Waals surface area (Å²) < 4.78 is 20.0. The van der Waals surface area contributed by atoms with Gasteiger partial charge in [0.25, 0.3) is 0 Å². The first kappa shape index (κ1) is 16.6.